The Labute approximate surface area is 235 Å². The van der Waals surface area contributed by atoms with Gasteiger partial charge in [-0.2, -0.15) is 0 Å². The summed E-state index contributed by atoms with van der Waals surface area (Å²) in [5.41, 5.74) is 4.63. The van der Waals surface area contributed by atoms with Crippen LogP contribution in [0.4, 0.5) is 5.69 Å². The molecule has 6 nitrogen and oxygen atoms in total. The number of ether oxygens (including phenoxy) is 3. The summed E-state index contributed by atoms with van der Waals surface area (Å²) >= 11 is 0. The van der Waals surface area contributed by atoms with E-state index in [0.29, 0.717) is 36.9 Å². The maximum Gasteiger partial charge on any atom is 0.246 e. The van der Waals surface area contributed by atoms with Crippen LogP contribution in [0, 0.1) is 13.8 Å². The van der Waals surface area contributed by atoms with E-state index in [2.05, 4.69) is 43.9 Å². The van der Waals surface area contributed by atoms with Crippen LogP contribution in [0.3, 0.4) is 0 Å². The van der Waals surface area contributed by atoms with Crippen LogP contribution in [0.15, 0.2) is 36.4 Å². The third-order valence-electron chi connectivity index (χ3n) is 7.44. The number of carbonyl (C=O) groups excluding carboxylic acids is 1. The van der Waals surface area contributed by atoms with Gasteiger partial charge in [0.25, 0.3) is 0 Å². The number of benzene rings is 2. The van der Waals surface area contributed by atoms with E-state index in [-0.39, 0.29) is 5.91 Å². The minimum atomic E-state index is 0.0172. The molecular weight excluding hydrogens is 488 g/mol. The molecule has 0 saturated carbocycles. The molecule has 0 atom stereocenters. The maximum absolute atomic E-state index is 12.9. The number of rotatable bonds is 15. The van der Waals surface area contributed by atoms with Crippen molar-refractivity contribution in [1.29, 1.82) is 0 Å². The fourth-order valence-electron chi connectivity index (χ4n) is 5.05. The molecule has 1 amide bonds. The minimum Gasteiger partial charge on any atom is -0.493 e. The van der Waals surface area contributed by atoms with E-state index in [0.717, 1.165) is 25.1 Å². The number of piperazine rings is 1. The van der Waals surface area contributed by atoms with Crippen LogP contribution in [-0.4, -0.2) is 57.8 Å². The van der Waals surface area contributed by atoms with Crippen molar-refractivity contribution in [2.45, 2.75) is 72.1 Å². The van der Waals surface area contributed by atoms with Gasteiger partial charge >= 0.3 is 0 Å². The molecule has 0 unspecified atom stereocenters. The zero-order valence-electron chi connectivity index (χ0n) is 24.8. The first-order valence-electron chi connectivity index (χ1n) is 14.6. The third-order valence-corrected chi connectivity index (χ3v) is 7.44. The van der Waals surface area contributed by atoms with E-state index in [1.807, 2.05) is 23.1 Å². The van der Waals surface area contributed by atoms with E-state index < -0.39 is 0 Å². The Morgan fingerprint density at radius 1 is 0.846 bits per heavy atom. The van der Waals surface area contributed by atoms with Gasteiger partial charge in [-0.1, -0.05) is 64.0 Å². The molecule has 2 aromatic rings. The summed E-state index contributed by atoms with van der Waals surface area (Å²) in [4.78, 5) is 17.2. The van der Waals surface area contributed by atoms with Crippen LogP contribution in [-0.2, 0) is 4.79 Å². The lowest BCUT2D eigenvalue weighted by molar-refractivity contribution is -0.126. The van der Waals surface area contributed by atoms with Crippen molar-refractivity contribution >= 4 is 17.7 Å². The molecule has 39 heavy (non-hydrogen) atoms. The van der Waals surface area contributed by atoms with E-state index in [1.54, 1.807) is 20.3 Å². The molecule has 0 radical (unpaired) electrons. The third kappa shape index (κ3) is 9.22. The number of amides is 1. The second-order valence-corrected chi connectivity index (χ2v) is 10.5. The van der Waals surface area contributed by atoms with Gasteiger partial charge in [-0.05, 0) is 61.2 Å². The molecular formula is C33H48N2O4. The molecule has 1 saturated heterocycles. The molecule has 0 bridgehead atoms. The van der Waals surface area contributed by atoms with Gasteiger partial charge in [0, 0.05) is 37.9 Å². The van der Waals surface area contributed by atoms with Gasteiger partial charge in [0.15, 0.2) is 11.5 Å². The zero-order chi connectivity index (χ0) is 28.0. The van der Waals surface area contributed by atoms with Crippen molar-refractivity contribution in [3.63, 3.8) is 0 Å². The summed E-state index contributed by atoms with van der Waals surface area (Å²) in [5.74, 6) is 1.86. The summed E-state index contributed by atoms with van der Waals surface area (Å²) in [7, 11) is 3.26. The van der Waals surface area contributed by atoms with Crippen molar-refractivity contribution in [3.8, 4) is 17.2 Å². The largest absolute Gasteiger partial charge is 0.493 e. The molecule has 0 aromatic heterocycles. The van der Waals surface area contributed by atoms with Crippen LogP contribution in [0.25, 0.3) is 6.08 Å². The monoisotopic (exact) mass is 536 g/mol. The molecule has 1 aliphatic rings. The molecule has 214 valence electrons. The lowest BCUT2D eigenvalue weighted by Gasteiger charge is -2.36. The molecule has 1 fully saturated rings. The lowest BCUT2D eigenvalue weighted by Crippen LogP contribution is -2.48. The van der Waals surface area contributed by atoms with Gasteiger partial charge in [0.05, 0.1) is 20.8 Å². The molecule has 0 N–H and O–H groups in total. The molecule has 0 spiro atoms. The number of methoxy groups -OCH3 is 2. The average Bonchev–Trinajstić information content (AvgIpc) is 2.96. The predicted molar refractivity (Wildman–Crippen MR) is 161 cm³/mol. The highest BCUT2D eigenvalue weighted by atomic mass is 16.5. The topological polar surface area (TPSA) is 51.2 Å². The average molecular weight is 537 g/mol. The number of hydrogen-bond donors (Lipinski definition) is 0. The van der Waals surface area contributed by atoms with Crippen LogP contribution in [0.2, 0.25) is 0 Å². The minimum absolute atomic E-state index is 0.0172. The normalized spacial score (nSPS) is 13.7. The number of aryl methyl sites for hydroxylation is 2. The summed E-state index contributed by atoms with van der Waals surface area (Å²) in [5, 5.41) is 0. The Morgan fingerprint density at radius 2 is 1.46 bits per heavy atom. The highest BCUT2D eigenvalue weighted by molar-refractivity contribution is 5.92. The van der Waals surface area contributed by atoms with Crippen molar-refractivity contribution < 1.29 is 19.0 Å². The number of hydrogen-bond acceptors (Lipinski definition) is 5. The Morgan fingerprint density at radius 3 is 2.08 bits per heavy atom. The lowest BCUT2D eigenvalue weighted by atomic mass is 10.1. The maximum atomic E-state index is 12.9. The summed E-state index contributed by atoms with van der Waals surface area (Å²) in [6.45, 7) is 10.2. The molecule has 1 aliphatic heterocycles. The van der Waals surface area contributed by atoms with Gasteiger partial charge in [-0.3, -0.25) is 4.79 Å². The predicted octanol–water partition coefficient (Wildman–Crippen LogP) is 7.20. The summed E-state index contributed by atoms with van der Waals surface area (Å²) in [6.07, 6.45) is 13.5. The summed E-state index contributed by atoms with van der Waals surface area (Å²) < 4.78 is 17.3. The van der Waals surface area contributed by atoms with Gasteiger partial charge in [-0.15, -0.1) is 0 Å². The first-order valence-corrected chi connectivity index (χ1v) is 14.6. The second-order valence-electron chi connectivity index (χ2n) is 10.5. The number of anilines is 1. The number of unbranched alkanes of at least 4 members (excludes halogenated alkanes) is 7. The van der Waals surface area contributed by atoms with E-state index >= 15 is 0 Å². The van der Waals surface area contributed by atoms with Crippen LogP contribution in [0.5, 0.6) is 17.2 Å². The Kier molecular flexibility index (Phi) is 12.5. The Hall–Kier alpha value is -3.15. The van der Waals surface area contributed by atoms with E-state index in [4.69, 9.17) is 14.2 Å². The van der Waals surface area contributed by atoms with Crippen molar-refractivity contribution in [3.05, 3.63) is 53.1 Å². The molecule has 0 aliphatic carbocycles. The quantitative estimate of drug-likeness (QED) is 0.178. The first kappa shape index (κ1) is 30.4. The van der Waals surface area contributed by atoms with Crippen LogP contribution in [0.1, 0.15) is 75.0 Å². The standard InChI is InChI=1S/C33H48N2O4/c1-6-7-8-9-10-11-12-13-22-39-33-30(37-4)24-28(25-31(33)38-5)16-17-32(36)35-20-18-34(19-21-35)29-23-26(2)14-15-27(29)3/h14-17,23-25H,6-13,18-22H2,1-5H3/b17-16+. The van der Waals surface area contributed by atoms with Crippen molar-refractivity contribution in [2.24, 2.45) is 0 Å². The van der Waals surface area contributed by atoms with Crippen LogP contribution >= 0.6 is 0 Å². The second kappa shape index (κ2) is 16.1. The van der Waals surface area contributed by atoms with E-state index in [1.165, 1.54) is 61.8 Å². The molecule has 1 heterocycles. The zero-order valence-corrected chi connectivity index (χ0v) is 24.8. The summed E-state index contributed by atoms with van der Waals surface area (Å²) in [6, 6.07) is 10.3. The van der Waals surface area contributed by atoms with Gasteiger partial charge in [0.1, 0.15) is 0 Å². The van der Waals surface area contributed by atoms with Crippen molar-refractivity contribution in [1.82, 2.24) is 4.90 Å². The van der Waals surface area contributed by atoms with Crippen LogP contribution < -0.4 is 19.1 Å². The SMILES string of the molecule is CCCCCCCCCCOc1c(OC)cc(/C=C/C(=O)N2CCN(c3cc(C)ccc3C)CC2)cc1OC. The highest BCUT2D eigenvalue weighted by Gasteiger charge is 2.21. The highest BCUT2D eigenvalue weighted by Crippen LogP contribution is 2.39. The number of nitrogens with zero attached hydrogens (tertiary/aromatic N) is 2. The van der Waals surface area contributed by atoms with Crippen molar-refractivity contribution in [2.75, 3.05) is 51.9 Å². The smallest absolute Gasteiger partial charge is 0.246 e. The van der Waals surface area contributed by atoms with Gasteiger partial charge in [0.2, 0.25) is 11.7 Å². The number of carbonyl (C=O) groups is 1. The van der Waals surface area contributed by atoms with Gasteiger partial charge in [-0.25, -0.2) is 0 Å². The molecule has 3 rings (SSSR count). The van der Waals surface area contributed by atoms with Gasteiger partial charge < -0.3 is 24.0 Å². The molecule has 2 aromatic carbocycles. The van der Waals surface area contributed by atoms with E-state index in [9.17, 15) is 4.79 Å². The fraction of sp³-hybridized carbons (Fsp3) is 0.545. The fourth-order valence-corrected chi connectivity index (χ4v) is 5.05. The molecule has 6 heteroatoms. The Balaban J connectivity index is 1.52. The Bertz CT molecular complexity index is 1050. The first-order chi connectivity index (χ1) is 19.0.